The molecule has 0 radical (unpaired) electrons. The van der Waals surface area contributed by atoms with Crippen LogP contribution in [0.2, 0.25) is 0 Å². The zero-order chi connectivity index (χ0) is 27.9. The van der Waals surface area contributed by atoms with Crippen molar-refractivity contribution in [3.8, 4) is 11.5 Å². The van der Waals surface area contributed by atoms with Gasteiger partial charge in [0, 0.05) is 44.1 Å². The van der Waals surface area contributed by atoms with Crippen molar-refractivity contribution < 1.29 is 28.9 Å². The molecule has 0 bridgehead atoms. The number of carbonyl (C=O) groups excluding carboxylic acids is 2. The Morgan fingerprint density at radius 2 is 1.73 bits per heavy atom. The predicted octanol–water partition coefficient (Wildman–Crippen LogP) is 3.81. The van der Waals surface area contributed by atoms with Crippen molar-refractivity contribution in [1.29, 1.82) is 0 Å². The molecule has 0 saturated carbocycles. The summed E-state index contributed by atoms with van der Waals surface area (Å²) in [5, 5.41) is 11.3. The normalized spacial score (nSPS) is 19.1. The topological polar surface area (TPSA) is 101 Å². The number of amides is 1. The number of aliphatic hydroxyl groups excluding tert-OH is 1. The number of aliphatic hydroxyl groups is 1. The van der Waals surface area contributed by atoms with Gasteiger partial charge in [-0.2, -0.15) is 0 Å². The quantitative estimate of drug-likeness (QED) is 0.234. The number of ketones is 1. The van der Waals surface area contributed by atoms with E-state index in [0.29, 0.717) is 62.1 Å². The zero-order valence-electron chi connectivity index (χ0n) is 22.5. The molecule has 1 atom stereocenters. The smallest absolute Gasteiger partial charge is 0.295 e. The first-order chi connectivity index (χ1) is 19.6. The lowest BCUT2D eigenvalue weighted by Gasteiger charge is -2.31. The predicted molar refractivity (Wildman–Crippen MR) is 149 cm³/mol. The van der Waals surface area contributed by atoms with Gasteiger partial charge in [0.25, 0.3) is 11.7 Å². The molecule has 3 aromatic rings. The number of benzene rings is 2. The number of likely N-dealkylation sites (tertiary alicyclic amines) is 1. The van der Waals surface area contributed by atoms with E-state index in [4.69, 9.17) is 14.2 Å². The van der Waals surface area contributed by atoms with Crippen LogP contribution in [0.3, 0.4) is 0 Å². The van der Waals surface area contributed by atoms with Gasteiger partial charge in [-0.25, -0.2) is 0 Å². The number of rotatable bonds is 10. The molecule has 40 heavy (non-hydrogen) atoms. The summed E-state index contributed by atoms with van der Waals surface area (Å²) in [5.74, 6) is -0.547. The van der Waals surface area contributed by atoms with Crippen LogP contribution in [0.25, 0.3) is 5.76 Å². The molecular formula is C31H33N3O6. The third-order valence-corrected chi connectivity index (χ3v) is 7.08. The molecule has 0 spiro atoms. The second-order valence-electron chi connectivity index (χ2n) is 9.60. The highest BCUT2D eigenvalue weighted by molar-refractivity contribution is 6.46. The number of Topliss-reactive ketones (excluding diaryl/α,β-unsaturated/α-hetero) is 1. The van der Waals surface area contributed by atoms with Crippen molar-refractivity contribution in [1.82, 2.24) is 14.8 Å². The van der Waals surface area contributed by atoms with Crippen LogP contribution in [-0.2, 0) is 20.9 Å². The van der Waals surface area contributed by atoms with E-state index >= 15 is 0 Å². The van der Waals surface area contributed by atoms with Crippen LogP contribution in [0.15, 0.2) is 78.6 Å². The largest absolute Gasteiger partial charge is 0.507 e. The fourth-order valence-electron chi connectivity index (χ4n) is 5.01. The monoisotopic (exact) mass is 543 g/mol. The second kappa shape index (κ2) is 12.8. The molecule has 9 nitrogen and oxygen atoms in total. The maximum atomic E-state index is 13.4. The van der Waals surface area contributed by atoms with E-state index in [0.717, 1.165) is 18.7 Å². The minimum absolute atomic E-state index is 0.0404. The Labute approximate surface area is 233 Å². The number of hydrogen-bond acceptors (Lipinski definition) is 8. The highest BCUT2D eigenvalue weighted by Gasteiger charge is 2.46. The van der Waals surface area contributed by atoms with Gasteiger partial charge in [-0.3, -0.25) is 19.5 Å². The average Bonchev–Trinajstić information content (AvgIpc) is 3.25. The van der Waals surface area contributed by atoms with E-state index in [1.807, 2.05) is 43.3 Å². The molecular weight excluding hydrogens is 510 g/mol. The molecule has 208 valence electrons. The van der Waals surface area contributed by atoms with E-state index in [-0.39, 0.29) is 11.3 Å². The van der Waals surface area contributed by atoms with E-state index in [2.05, 4.69) is 9.88 Å². The molecule has 1 unspecified atom stereocenters. The molecule has 1 amide bonds. The molecule has 3 heterocycles. The Balaban J connectivity index is 1.51. The number of pyridine rings is 1. The van der Waals surface area contributed by atoms with E-state index in [1.54, 1.807) is 29.2 Å². The van der Waals surface area contributed by atoms with Gasteiger partial charge in [-0.1, -0.05) is 36.4 Å². The first-order valence-electron chi connectivity index (χ1n) is 13.5. The van der Waals surface area contributed by atoms with Crippen LogP contribution in [0.4, 0.5) is 0 Å². The first-order valence-corrected chi connectivity index (χ1v) is 13.5. The highest BCUT2D eigenvalue weighted by Crippen LogP contribution is 2.42. The second-order valence-corrected chi connectivity index (χ2v) is 9.60. The molecule has 2 aliphatic rings. The molecule has 5 rings (SSSR count). The number of aromatic nitrogens is 1. The van der Waals surface area contributed by atoms with E-state index < -0.39 is 17.7 Å². The van der Waals surface area contributed by atoms with Gasteiger partial charge in [-0.15, -0.1) is 0 Å². The molecule has 1 aromatic heterocycles. The van der Waals surface area contributed by atoms with Crippen molar-refractivity contribution in [3.05, 3.63) is 95.3 Å². The van der Waals surface area contributed by atoms with Crippen molar-refractivity contribution in [2.45, 2.75) is 19.6 Å². The lowest BCUT2D eigenvalue weighted by molar-refractivity contribution is -0.140. The first kappa shape index (κ1) is 27.4. The fourth-order valence-corrected chi connectivity index (χ4v) is 5.01. The third-order valence-electron chi connectivity index (χ3n) is 7.08. The minimum atomic E-state index is -0.795. The van der Waals surface area contributed by atoms with Crippen LogP contribution in [0, 0.1) is 0 Å². The Hall–Kier alpha value is -4.21. The SMILES string of the molecule is CCOc1cc(C2C(=C(O)c3ccncc3)C(=O)C(=O)N2CCN2CCOCC2)ccc1OCc1ccccc1. The Morgan fingerprint density at radius 1 is 0.975 bits per heavy atom. The van der Waals surface area contributed by atoms with Gasteiger partial charge in [0.15, 0.2) is 11.5 Å². The van der Waals surface area contributed by atoms with Gasteiger partial charge in [0.2, 0.25) is 0 Å². The summed E-state index contributed by atoms with van der Waals surface area (Å²) < 4.78 is 17.4. The Bertz CT molecular complexity index is 1360. The van der Waals surface area contributed by atoms with E-state index in [9.17, 15) is 14.7 Å². The van der Waals surface area contributed by atoms with Crippen LogP contribution < -0.4 is 9.47 Å². The van der Waals surface area contributed by atoms with Crippen molar-refractivity contribution >= 4 is 17.4 Å². The maximum Gasteiger partial charge on any atom is 0.295 e. The summed E-state index contributed by atoms with van der Waals surface area (Å²) in [6, 6.07) is 17.6. The van der Waals surface area contributed by atoms with Gasteiger partial charge < -0.3 is 24.2 Å². The molecule has 1 N–H and O–H groups in total. The van der Waals surface area contributed by atoms with Crippen molar-refractivity contribution in [2.24, 2.45) is 0 Å². The lowest BCUT2D eigenvalue weighted by atomic mass is 9.95. The molecule has 2 fully saturated rings. The average molecular weight is 544 g/mol. The van der Waals surface area contributed by atoms with Crippen molar-refractivity contribution in [2.75, 3.05) is 46.0 Å². The van der Waals surface area contributed by atoms with Gasteiger partial charge in [-0.05, 0) is 42.3 Å². The maximum absolute atomic E-state index is 13.4. The molecule has 9 heteroatoms. The number of nitrogens with zero attached hydrogens (tertiary/aromatic N) is 3. The molecule has 2 aliphatic heterocycles. The minimum Gasteiger partial charge on any atom is -0.507 e. The summed E-state index contributed by atoms with van der Waals surface area (Å²) >= 11 is 0. The van der Waals surface area contributed by atoms with Crippen LogP contribution in [-0.4, -0.2) is 77.6 Å². The van der Waals surface area contributed by atoms with Gasteiger partial charge >= 0.3 is 0 Å². The molecule has 0 aliphatic carbocycles. The fraction of sp³-hybridized carbons (Fsp3) is 0.323. The summed E-state index contributed by atoms with van der Waals surface area (Å²) in [5.41, 5.74) is 2.12. The highest BCUT2D eigenvalue weighted by atomic mass is 16.5. The van der Waals surface area contributed by atoms with E-state index in [1.165, 1.54) is 12.4 Å². The molecule has 2 aromatic carbocycles. The number of carbonyl (C=O) groups is 2. The summed E-state index contributed by atoms with van der Waals surface area (Å²) in [6.45, 7) is 6.32. The summed E-state index contributed by atoms with van der Waals surface area (Å²) in [4.78, 5) is 34.5. The molecule has 2 saturated heterocycles. The number of morpholine rings is 1. The van der Waals surface area contributed by atoms with Gasteiger partial charge in [0.1, 0.15) is 12.4 Å². The van der Waals surface area contributed by atoms with Crippen LogP contribution in [0.1, 0.15) is 29.7 Å². The van der Waals surface area contributed by atoms with Crippen LogP contribution >= 0.6 is 0 Å². The lowest BCUT2D eigenvalue weighted by Crippen LogP contribution is -2.42. The third kappa shape index (κ3) is 6.00. The zero-order valence-corrected chi connectivity index (χ0v) is 22.5. The van der Waals surface area contributed by atoms with Gasteiger partial charge in [0.05, 0.1) is 31.4 Å². The Kier molecular flexibility index (Phi) is 8.73. The number of hydrogen-bond donors (Lipinski definition) is 1. The van der Waals surface area contributed by atoms with Crippen molar-refractivity contribution in [3.63, 3.8) is 0 Å². The summed E-state index contributed by atoms with van der Waals surface area (Å²) in [7, 11) is 0. The van der Waals surface area contributed by atoms with Crippen LogP contribution in [0.5, 0.6) is 11.5 Å². The Morgan fingerprint density at radius 3 is 2.45 bits per heavy atom. The standard InChI is InChI=1S/C31H33N3O6/c1-2-39-26-20-24(8-9-25(26)40-21-22-6-4-3-5-7-22)28-27(29(35)23-10-12-32-13-11-23)30(36)31(37)34(28)15-14-33-16-18-38-19-17-33/h3-13,20,28,35H,2,14-19,21H2,1H3. The number of ether oxygens (including phenoxy) is 3. The summed E-state index contributed by atoms with van der Waals surface area (Å²) in [6.07, 6.45) is 3.06.